The third-order valence-corrected chi connectivity index (χ3v) is 3.74. The monoisotopic (exact) mass is 297 g/mol. The molecule has 0 saturated carbocycles. The van der Waals surface area contributed by atoms with E-state index in [2.05, 4.69) is 21.7 Å². The molecule has 1 saturated heterocycles. The largest absolute Gasteiger partial charge is 0.371 e. The summed E-state index contributed by atoms with van der Waals surface area (Å²) in [7, 11) is 0. The molecule has 5 nitrogen and oxygen atoms in total. The van der Waals surface area contributed by atoms with Gasteiger partial charge in [0.15, 0.2) is 0 Å². The van der Waals surface area contributed by atoms with E-state index in [1.807, 2.05) is 19.1 Å². The minimum Gasteiger partial charge on any atom is -0.371 e. The van der Waals surface area contributed by atoms with Crippen LogP contribution in [-0.4, -0.2) is 30.6 Å². The molecule has 2 aromatic rings. The predicted octanol–water partition coefficient (Wildman–Crippen LogP) is 2.30. The Balaban J connectivity index is 1.73. The fraction of sp³-hybridized carbons (Fsp3) is 0.294. The first-order valence-corrected chi connectivity index (χ1v) is 7.38. The molecule has 1 aromatic carbocycles. The number of benzene rings is 1. The summed E-state index contributed by atoms with van der Waals surface area (Å²) in [6.07, 6.45) is 3.30. The van der Waals surface area contributed by atoms with Gasteiger partial charge in [0.25, 0.3) is 5.91 Å². The number of nitrogens with zero attached hydrogens (tertiary/aromatic N) is 1. The van der Waals surface area contributed by atoms with Crippen molar-refractivity contribution in [2.45, 2.75) is 13.0 Å². The first kappa shape index (κ1) is 14.7. The van der Waals surface area contributed by atoms with Gasteiger partial charge in [0.2, 0.25) is 0 Å². The maximum absolute atomic E-state index is 12.2. The molecule has 0 bridgehead atoms. The lowest BCUT2D eigenvalue weighted by molar-refractivity contribution is 0.0277. The van der Waals surface area contributed by atoms with Crippen LogP contribution in [0.5, 0.6) is 0 Å². The maximum Gasteiger partial charge on any atom is 0.255 e. The van der Waals surface area contributed by atoms with Gasteiger partial charge in [-0.25, -0.2) is 0 Å². The number of hydrogen-bond acceptors (Lipinski definition) is 4. The Labute approximate surface area is 129 Å². The highest BCUT2D eigenvalue weighted by Gasteiger charge is 2.16. The number of amides is 1. The van der Waals surface area contributed by atoms with Crippen molar-refractivity contribution >= 4 is 11.6 Å². The van der Waals surface area contributed by atoms with E-state index in [1.54, 1.807) is 24.5 Å². The number of aromatic nitrogens is 1. The third-order valence-electron chi connectivity index (χ3n) is 3.74. The fourth-order valence-electron chi connectivity index (χ4n) is 2.50. The maximum atomic E-state index is 12.2. The van der Waals surface area contributed by atoms with E-state index in [-0.39, 0.29) is 12.0 Å². The number of morpholine rings is 1. The van der Waals surface area contributed by atoms with Gasteiger partial charge in [-0.3, -0.25) is 9.78 Å². The molecule has 3 rings (SSSR count). The van der Waals surface area contributed by atoms with Gasteiger partial charge in [0.1, 0.15) is 0 Å². The molecule has 0 unspecified atom stereocenters. The van der Waals surface area contributed by atoms with Crippen LogP contribution in [0.3, 0.4) is 0 Å². The Morgan fingerprint density at radius 3 is 2.82 bits per heavy atom. The summed E-state index contributed by atoms with van der Waals surface area (Å²) in [5.74, 6) is -0.131. The fourth-order valence-corrected chi connectivity index (χ4v) is 2.50. The summed E-state index contributed by atoms with van der Waals surface area (Å²) < 4.78 is 5.75. The van der Waals surface area contributed by atoms with Crippen molar-refractivity contribution in [1.29, 1.82) is 0 Å². The van der Waals surface area contributed by atoms with Crippen LogP contribution in [0.15, 0.2) is 42.7 Å². The normalized spacial score (nSPS) is 18.0. The number of carbonyl (C=O) groups excluding carboxylic acids is 1. The average molecular weight is 297 g/mol. The van der Waals surface area contributed by atoms with Gasteiger partial charge in [-0.1, -0.05) is 12.1 Å². The number of ether oxygens (including phenoxy) is 1. The number of aryl methyl sites for hydroxylation is 1. The zero-order valence-electron chi connectivity index (χ0n) is 12.5. The number of hydrogen-bond donors (Lipinski definition) is 2. The van der Waals surface area contributed by atoms with E-state index in [1.165, 1.54) is 0 Å². The van der Waals surface area contributed by atoms with Crippen LogP contribution in [0.2, 0.25) is 0 Å². The molecule has 5 heteroatoms. The van der Waals surface area contributed by atoms with Crippen LogP contribution in [0, 0.1) is 6.92 Å². The molecule has 1 aromatic heterocycles. The van der Waals surface area contributed by atoms with Gasteiger partial charge in [-0.15, -0.1) is 0 Å². The SMILES string of the molecule is Cc1cc([C@H]2CNCCO2)ccc1NC(=O)c1ccncc1. The van der Waals surface area contributed by atoms with Crippen molar-refractivity contribution in [1.82, 2.24) is 10.3 Å². The lowest BCUT2D eigenvalue weighted by atomic mass is 10.0. The molecule has 0 spiro atoms. The summed E-state index contributed by atoms with van der Waals surface area (Å²) >= 11 is 0. The Bertz CT molecular complexity index is 652. The molecule has 2 heterocycles. The van der Waals surface area contributed by atoms with E-state index < -0.39 is 0 Å². The highest BCUT2D eigenvalue weighted by Crippen LogP contribution is 2.24. The number of nitrogens with one attached hydrogen (secondary N) is 2. The highest BCUT2D eigenvalue weighted by molar-refractivity contribution is 6.04. The molecule has 1 aliphatic rings. The predicted molar refractivity (Wildman–Crippen MR) is 84.9 cm³/mol. The van der Waals surface area contributed by atoms with Crippen LogP contribution < -0.4 is 10.6 Å². The summed E-state index contributed by atoms with van der Waals surface area (Å²) in [5, 5.41) is 6.25. The van der Waals surface area contributed by atoms with Gasteiger partial charge < -0.3 is 15.4 Å². The smallest absolute Gasteiger partial charge is 0.255 e. The average Bonchev–Trinajstić information content (AvgIpc) is 2.58. The van der Waals surface area contributed by atoms with E-state index in [9.17, 15) is 4.79 Å². The molecule has 114 valence electrons. The minimum atomic E-state index is -0.131. The molecule has 1 amide bonds. The topological polar surface area (TPSA) is 63.2 Å². The minimum absolute atomic E-state index is 0.0809. The second kappa shape index (κ2) is 6.68. The number of carbonyl (C=O) groups is 1. The first-order valence-electron chi connectivity index (χ1n) is 7.38. The highest BCUT2D eigenvalue weighted by atomic mass is 16.5. The lowest BCUT2D eigenvalue weighted by Gasteiger charge is -2.24. The second-order valence-corrected chi connectivity index (χ2v) is 5.33. The van der Waals surface area contributed by atoms with Crippen molar-refractivity contribution in [3.05, 3.63) is 59.4 Å². The third kappa shape index (κ3) is 3.32. The summed E-state index contributed by atoms with van der Waals surface area (Å²) in [6.45, 7) is 4.43. The van der Waals surface area contributed by atoms with Crippen LogP contribution in [0.4, 0.5) is 5.69 Å². The second-order valence-electron chi connectivity index (χ2n) is 5.33. The molecule has 2 N–H and O–H groups in total. The summed E-state index contributed by atoms with van der Waals surface area (Å²) in [5.41, 5.74) is 3.56. The zero-order chi connectivity index (χ0) is 15.4. The summed E-state index contributed by atoms with van der Waals surface area (Å²) in [4.78, 5) is 16.1. The summed E-state index contributed by atoms with van der Waals surface area (Å²) in [6, 6.07) is 9.40. The number of rotatable bonds is 3. The quantitative estimate of drug-likeness (QED) is 0.912. The molecular formula is C17H19N3O2. The standard InChI is InChI=1S/C17H19N3O2/c1-12-10-14(16-11-19-8-9-22-16)2-3-15(12)20-17(21)13-4-6-18-7-5-13/h2-7,10,16,19H,8-9,11H2,1H3,(H,20,21)/t16-/m1/s1. The van der Waals surface area contributed by atoms with Crippen LogP contribution in [0.1, 0.15) is 27.6 Å². The van der Waals surface area contributed by atoms with Gasteiger partial charge in [-0.05, 0) is 36.2 Å². The number of anilines is 1. The Hall–Kier alpha value is -2.24. The number of pyridine rings is 1. The molecule has 22 heavy (non-hydrogen) atoms. The van der Waals surface area contributed by atoms with Crippen molar-refractivity contribution in [2.24, 2.45) is 0 Å². The Kier molecular flexibility index (Phi) is 4.46. The molecule has 1 atom stereocenters. The van der Waals surface area contributed by atoms with Crippen LogP contribution >= 0.6 is 0 Å². The van der Waals surface area contributed by atoms with Gasteiger partial charge in [0, 0.05) is 36.7 Å². The van der Waals surface area contributed by atoms with Crippen molar-refractivity contribution < 1.29 is 9.53 Å². The first-order chi connectivity index (χ1) is 10.7. The molecule has 0 aliphatic carbocycles. The van der Waals surface area contributed by atoms with Crippen LogP contribution in [-0.2, 0) is 4.74 Å². The van der Waals surface area contributed by atoms with Crippen molar-refractivity contribution in [3.63, 3.8) is 0 Å². The lowest BCUT2D eigenvalue weighted by Crippen LogP contribution is -2.33. The Morgan fingerprint density at radius 1 is 1.32 bits per heavy atom. The molecular weight excluding hydrogens is 278 g/mol. The Morgan fingerprint density at radius 2 is 2.14 bits per heavy atom. The van der Waals surface area contributed by atoms with Crippen LogP contribution in [0.25, 0.3) is 0 Å². The molecule has 0 radical (unpaired) electrons. The zero-order valence-corrected chi connectivity index (χ0v) is 12.5. The van der Waals surface area contributed by atoms with E-state index >= 15 is 0 Å². The van der Waals surface area contributed by atoms with Gasteiger partial charge in [0.05, 0.1) is 12.7 Å². The van der Waals surface area contributed by atoms with Gasteiger partial charge in [-0.2, -0.15) is 0 Å². The van der Waals surface area contributed by atoms with Crippen molar-refractivity contribution in [2.75, 3.05) is 25.0 Å². The van der Waals surface area contributed by atoms with Crippen molar-refractivity contribution in [3.8, 4) is 0 Å². The van der Waals surface area contributed by atoms with E-state index in [0.29, 0.717) is 5.56 Å². The molecule has 1 fully saturated rings. The van der Waals surface area contributed by atoms with E-state index in [0.717, 1.165) is 36.5 Å². The van der Waals surface area contributed by atoms with Gasteiger partial charge >= 0.3 is 0 Å². The molecule has 1 aliphatic heterocycles. The van der Waals surface area contributed by atoms with E-state index in [4.69, 9.17) is 4.74 Å².